The quantitative estimate of drug-likeness (QED) is 0.856. The SMILES string of the molecule is CC1CC(CC2CCCOC2)c2ccccc2N1. The van der Waals surface area contributed by atoms with E-state index < -0.39 is 0 Å². The lowest BCUT2D eigenvalue weighted by atomic mass is 9.80. The summed E-state index contributed by atoms with van der Waals surface area (Å²) in [6, 6.07) is 9.40. The molecule has 2 aliphatic heterocycles. The minimum atomic E-state index is 0.592. The van der Waals surface area contributed by atoms with Gasteiger partial charge in [0.05, 0.1) is 0 Å². The highest BCUT2D eigenvalue weighted by atomic mass is 16.5. The van der Waals surface area contributed by atoms with Crippen molar-refractivity contribution < 1.29 is 4.74 Å². The van der Waals surface area contributed by atoms with Crippen LogP contribution < -0.4 is 5.32 Å². The van der Waals surface area contributed by atoms with E-state index in [0.29, 0.717) is 12.0 Å². The Morgan fingerprint density at radius 2 is 2.22 bits per heavy atom. The molecule has 18 heavy (non-hydrogen) atoms. The van der Waals surface area contributed by atoms with Crippen molar-refractivity contribution in [2.45, 2.75) is 44.6 Å². The second-order valence-corrected chi connectivity index (χ2v) is 5.88. The van der Waals surface area contributed by atoms with Crippen molar-refractivity contribution in [1.29, 1.82) is 0 Å². The maximum absolute atomic E-state index is 5.62. The van der Waals surface area contributed by atoms with E-state index in [0.717, 1.165) is 19.1 Å². The highest BCUT2D eigenvalue weighted by Gasteiger charge is 2.27. The molecule has 0 aromatic heterocycles. The number of anilines is 1. The summed E-state index contributed by atoms with van der Waals surface area (Å²) < 4.78 is 5.62. The maximum atomic E-state index is 5.62. The van der Waals surface area contributed by atoms with Gasteiger partial charge in [-0.2, -0.15) is 0 Å². The molecular weight excluding hydrogens is 222 g/mol. The molecule has 2 nitrogen and oxygen atoms in total. The molecule has 0 bridgehead atoms. The first kappa shape index (κ1) is 12.0. The highest BCUT2D eigenvalue weighted by Crippen LogP contribution is 2.39. The molecule has 1 aromatic carbocycles. The van der Waals surface area contributed by atoms with Crippen LogP contribution in [0.1, 0.15) is 44.1 Å². The first-order chi connectivity index (χ1) is 8.83. The fourth-order valence-corrected chi connectivity index (χ4v) is 3.48. The number of ether oxygens (including phenoxy) is 1. The van der Waals surface area contributed by atoms with Gasteiger partial charge in [-0.25, -0.2) is 0 Å². The average molecular weight is 245 g/mol. The molecular formula is C16H23NO. The standard InChI is InChI=1S/C16H23NO/c1-12-9-14(10-13-5-4-8-18-11-13)15-6-2-3-7-16(15)17-12/h2-3,6-7,12-14,17H,4-5,8-11H2,1H3. The molecule has 1 aromatic rings. The van der Waals surface area contributed by atoms with Gasteiger partial charge in [0, 0.05) is 24.9 Å². The van der Waals surface area contributed by atoms with Crippen molar-refractivity contribution in [3.05, 3.63) is 29.8 Å². The number of hydrogen-bond donors (Lipinski definition) is 1. The molecule has 3 unspecified atom stereocenters. The molecule has 98 valence electrons. The predicted octanol–water partition coefficient (Wildman–Crippen LogP) is 3.79. The Bertz CT molecular complexity index is 398. The Hall–Kier alpha value is -1.02. The minimum Gasteiger partial charge on any atom is -0.382 e. The van der Waals surface area contributed by atoms with Gasteiger partial charge in [-0.15, -0.1) is 0 Å². The number of hydrogen-bond acceptors (Lipinski definition) is 2. The average Bonchev–Trinajstić information content (AvgIpc) is 2.40. The largest absolute Gasteiger partial charge is 0.382 e. The van der Waals surface area contributed by atoms with Crippen LogP contribution in [-0.2, 0) is 4.74 Å². The number of benzene rings is 1. The molecule has 3 atom stereocenters. The van der Waals surface area contributed by atoms with Crippen LogP contribution in [0.3, 0.4) is 0 Å². The molecule has 0 saturated carbocycles. The molecule has 0 aliphatic carbocycles. The Morgan fingerprint density at radius 1 is 1.33 bits per heavy atom. The van der Waals surface area contributed by atoms with Crippen molar-refractivity contribution in [3.63, 3.8) is 0 Å². The fraction of sp³-hybridized carbons (Fsp3) is 0.625. The molecule has 2 heteroatoms. The van der Waals surface area contributed by atoms with Crippen molar-refractivity contribution in [2.24, 2.45) is 5.92 Å². The number of nitrogens with one attached hydrogen (secondary N) is 1. The summed E-state index contributed by atoms with van der Waals surface area (Å²) in [5, 5.41) is 3.60. The van der Waals surface area contributed by atoms with Gasteiger partial charge in [-0.3, -0.25) is 0 Å². The smallest absolute Gasteiger partial charge is 0.0494 e. The van der Waals surface area contributed by atoms with Crippen LogP contribution in [0.15, 0.2) is 24.3 Å². The third-order valence-corrected chi connectivity index (χ3v) is 4.31. The van der Waals surface area contributed by atoms with E-state index in [1.54, 1.807) is 0 Å². The van der Waals surface area contributed by atoms with Crippen molar-refractivity contribution >= 4 is 5.69 Å². The van der Waals surface area contributed by atoms with Gasteiger partial charge in [0.2, 0.25) is 0 Å². The Balaban J connectivity index is 1.75. The lowest BCUT2D eigenvalue weighted by molar-refractivity contribution is 0.0483. The second-order valence-electron chi connectivity index (χ2n) is 5.88. The Morgan fingerprint density at radius 3 is 3.06 bits per heavy atom. The van der Waals surface area contributed by atoms with Crippen LogP contribution >= 0.6 is 0 Å². The maximum Gasteiger partial charge on any atom is 0.0494 e. The van der Waals surface area contributed by atoms with E-state index in [9.17, 15) is 0 Å². The van der Waals surface area contributed by atoms with E-state index in [1.807, 2.05) is 0 Å². The van der Waals surface area contributed by atoms with Crippen LogP contribution in [0.4, 0.5) is 5.69 Å². The highest BCUT2D eigenvalue weighted by molar-refractivity contribution is 5.55. The van der Waals surface area contributed by atoms with Crippen LogP contribution in [0, 0.1) is 5.92 Å². The first-order valence-electron chi connectivity index (χ1n) is 7.26. The van der Waals surface area contributed by atoms with Crippen LogP contribution in [0.25, 0.3) is 0 Å². The molecule has 3 rings (SSSR count). The molecule has 2 heterocycles. The van der Waals surface area contributed by atoms with Gasteiger partial charge >= 0.3 is 0 Å². The van der Waals surface area contributed by atoms with Gasteiger partial charge in [-0.1, -0.05) is 18.2 Å². The topological polar surface area (TPSA) is 21.3 Å². The van der Waals surface area contributed by atoms with E-state index in [4.69, 9.17) is 4.74 Å². The Kier molecular flexibility index (Phi) is 3.55. The summed E-state index contributed by atoms with van der Waals surface area (Å²) in [4.78, 5) is 0. The summed E-state index contributed by atoms with van der Waals surface area (Å²) in [7, 11) is 0. The van der Waals surface area contributed by atoms with Gasteiger partial charge in [0.25, 0.3) is 0 Å². The zero-order valence-electron chi connectivity index (χ0n) is 11.2. The number of fused-ring (bicyclic) bond motifs is 1. The monoisotopic (exact) mass is 245 g/mol. The van der Waals surface area contributed by atoms with Crippen molar-refractivity contribution in [3.8, 4) is 0 Å². The second kappa shape index (κ2) is 5.31. The molecule has 2 aliphatic rings. The predicted molar refractivity (Wildman–Crippen MR) is 75.0 cm³/mol. The molecule has 1 saturated heterocycles. The van der Waals surface area contributed by atoms with Gasteiger partial charge in [0.1, 0.15) is 0 Å². The lowest BCUT2D eigenvalue weighted by Gasteiger charge is -2.34. The van der Waals surface area contributed by atoms with Gasteiger partial charge < -0.3 is 10.1 Å². The van der Waals surface area contributed by atoms with E-state index >= 15 is 0 Å². The minimum absolute atomic E-state index is 0.592. The molecule has 0 spiro atoms. The summed E-state index contributed by atoms with van der Waals surface area (Å²) in [6.07, 6.45) is 5.14. The third-order valence-electron chi connectivity index (χ3n) is 4.31. The first-order valence-corrected chi connectivity index (χ1v) is 7.26. The fourth-order valence-electron chi connectivity index (χ4n) is 3.48. The summed E-state index contributed by atoms with van der Waals surface area (Å²) in [5.41, 5.74) is 2.86. The molecule has 0 radical (unpaired) electrons. The van der Waals surface area contributed by atoms with E-state index in [2.05, 4.69) is 36.5 Å². The van der Waals surface area contributed by atoms with Crippen molar-refractivity contribution in [2.75, 3.05) is 18.5 Å². The summed E-state index contributed by atoms with van der Waals surface area (Å²) >= 11 is 0. The number of para-hydroxylation sites is 1. The lowest BCUT2D eigenvalue weighted by Crippen LogP contribution is -2.28. The normalized spacial score (nSPS) is 31.5. The molecule has 0 amide bonds. The van der Waals surface area contributed by atoms with Crippen LogP contribution in [-0.4, -0.2) is 19.3 Å². The van der Waals surface area contributed by atoms with Gasteiger partial charge in [0.15, 0.2) is 0 Å². The molecule has 1 fully saturated rings. The third kappa shape index (κ3) is 2.54. The van der Waals surface area contributed by atoms with Gasteiger partial charge in [-0.05, 0) is 56.1 Å². The van der Waals surface area contributed by atoms with Crippen LogP contribution in [0.5, 0.6) is 0 Å². The van der Waals surface area contributed by atoms with E-state index in [-0.39, 0.29) is 0 Å². The zero-order chi connectivity index (χ0) is 12.4. The van der Waals surface area contributed by atoms with E-state index in [1.165, 1.54) is 36.9 Å². The zero-order valence-corrected chi connectivity index (χ0v) is 11.2. The summed E-state index contributed by atoms with van der Waals surface area (Å²) in [5.74, 6) is 1.48. The van der Waals surface area contributed by atoms with Crippen LogP contribution in [0.2, 0.25) is 0 Å². The molecule has 1 N–H and O–H groups in total. The summed E-state index contributed by atoms with van der Waals surface area (Å²) in [6.45, 7) is 4.23. The van der Waals surface area contributed by atoms with Crippen molar-refractivity contribution in [1.82, 2.24) is 0 Å². The Labute approximate surface area is 110 Å². The number of rotatable bonds is 2.